The highest BCUT2D eigenvalue weighted by molar-refractivity contribution is 5.94. The Morgan fingerprint density at radius 1 is 0.750 bits per heavy atom. The van der Waals surface area contributed by atoms with E-state index in [-0.39, 0.29) is 0 Å². The van der Waals surface area contributed by atoms with Crippen molar-refractivity contribution < 1.29 is 0 Å². The number of anilines is 1. The summed E-state index contributed by atoms with van der Waals surface area (Å²) in [4.78, 5) is 17.4. The van der Waals surface area contributed by atoms with E-state index in [0.717, 1.165) is 44.7 Å². The molecule has 3 N–H and O–H groups in total. The summed E-state index contributed by atoms with van der Waals surface area (Å²) < 4.78 is 0. The van der Waals surface area contributed by atoms with Gasteiger partial charge < -0.3 is 10.7 Å². The Kier molecular flexibility index (Phi) is 4.74. The highest BCUT2D eigenvalue weighted by Gasteiger charge is 2.18. The molecule has 0 saturated heterocycles. The number of hydrogen-bond acceptors (Lipinski definition) is 4. The van der Waals surface area contributed by atoms with Crippen molar-refractivity contribution in [3.05, 3.63) is 83.3 Å². The van der Waals surface area contributed by atoms with Crippen LogP contribution in [0.1, 0.15) is 22.3 Å². The Hall–Kier alpha value is -3.99. The number of H-pyrrole nitrogens is 1. The van der Waals surface area contributed by atoms with Crippen molar-refractivity contribution in [2.75, 3.05) is 5.73 Å². The minimum absolute atomic E-state index is 0.493. The summed E-state index contributed by atoms with van der Waals surface area (Å²) in [6, 6.07) is 14.7. The van der Waals surface area contributed by atoms with E-state index in [0.29, 0.717) is 5.82 Å². The minimum atomic E-state index is 0.493. The van der Waals surface area contributed by atoms with Crippen LogP contribution in [0.2, 0.25) is 0 Å². The van der Waals surface area contributed by atoms with E-state index in [1.165, 1.54) is 22.3 Å². The molecule has 2 aromatic carbocycles. The van der Waals surface area contributed by atoms with Crippen LogP contribution in [0.15, 0.2) is 61.1 Å². The molecule has 0 amide bonds. The summed E-state index contributed by atoms with van der Waals surface area (Å²) in [5, 5.41) is 0. The highest BCUT2D eigenvalue weighted by Crippen LogP contribution is 2.39. The molecular formula is C27H25N5. The SMILES string of the molecule is Cc1cc(C)cc(-c2cncc(-c3nc4cc(C)cc(C)c4[nH]3)c2-c2ccc(N)nc2)c1. The molecule has 5 nitrogen and oxygen atoms in total. The third-order valence-corrected chi connectivity index (χ3v) is 5.74. The van der Waals surface area contributed by atoms with Crippen LogP contribution in [0, 0.1) is 27.7 Å². The number of aryl methyl sites for hydroxylation is 4. The molecule has 0 unspecified atom stereocenters. The van der Waals surface area contributed by atoms with Gasteiger partial charge in [0.1, 0.15) is 11.6 Å². The summed E-state index contributed by atoms with van der Waals surface area (Å²) in [7, 11) is 0. The lowest BCUT2D eigenvalue weighted by molar-refractivity contribution is 1.26. The van der Waals surface area contributed by atoms with Gasteiger partial charge in [-0.25, -0.2) is 9.97 Å². The maximum Gasteiger partial charge on any atom is 0.140 e. The average molecular weight is 420 g/mol. The molecule has 0 spiro atoms. The van der Waals surface area contributed by atoms with Crippen molar-refractivity contribution in [1.82, 2.24) is 19.9 Å². The van der Waals surface area contributed by atoms with Gasteiger partial charge in [-0.15, -0.1) is 0 Å². The van der Waals surface area contributed by atoms with Gasteiger partial charge in [0.15, 0.2) is 0 Å². The molecule has 5 rings (SSSR count). The van der Waals surface area contributed by atoms with Crippen LogP contribution in [0.5, 0.6) is 0 Å². The molecule has 3 aromatic heterocycles. The number of rotatable bonds is 3. The number of aromatic amines is 1. The quantitative estimate of drug-likeness (QED) is 0.366. The normalized spacial score (nSPS) is 11.2. The largest absolute Gasteiger partial charge is 0.384 e. The topological polar surface area (TPSA) is 80.5 Å². The molecule has 0 aliphatic rings. The number of pyridine rings is 2. The lowest BCUT2D eigenvalue weighted by atomic mass is 9.91. The standard InChI is InChI=1S/C27H25N5/c1-15-7-16(2)10-20(9-15)21-13-29-14-22(25(21)19-5-6-24(28)30-12-19)27-31-23-11-17(3)8-18(4)26(23)32-27/h5-14H,1-4H3,(H2,28,30)(H,31,32). The molecule has 5 aromatic rings. The van der Waals surface area contributed by atoms with Gasteiger partial charge in [-0.2, -0.15) is 0 Å². The Labute approximate surface area is 187 Å². The number of aromatic nitrogens is 4. The Morgan fingerprint density at radius 2 is 1.47 bits per heavy atom. The molecule has 0 fully saturated rings. The van der Waals surface area contributed by atoms with E-state index in [1.807, 2.05) is 30.7 Å². The maximum absolute atomic E-state index is 5.88. The van der Waals surface area contributed by atoms with Crippen molar-refractivity contribution >= 4 is 16.9 Å². The molecule has 32 heavy (non-hydrogen) atoms. The molecule has 0 bridgehead atoms. The Balaban J connectivity index is 1.82. The number of imidazole rings is 1. The van der Waals surface area contributed by atoms with E-state index in [9.17, 15) is 0 Å². The summed E-state index contributed by atoms with van der Waals surface area (Å²) in [6.07, 6.45) is 5.61. The lowest BCUT2D eigenvalue weighted by Gasteiger charge is -2.15. The van der Waals surface area contributed by atoms with Crippen molar-refractivity contribution in [2.45, 2.75) is 27.7 Å². The zero-order chi connectivity index (χ0) is 22.4. The van der Waals surface area contributed by atoms with Gasteiger partial charge in [-0.05, 0) is 62.6 Å². The third kappa shape index (κ3) is 3.52. The van der Waals surface area contributed by atoms with Gasteiger partial charge in [0.25, 0.3) is 0 Å². The van der Waals surface area contributed by atoms with E-state index in [4.69, 9.17) is 10.7 Å². The number of fused-ring (bicyclic) bond motifs is 1. The number of nitrogen functional groups attached to an aromatic ring is 1. The van der Waals surface area contributed by atoms with Crippen LogP contribution >= 0.6 is 0 Å². The number of benzene rings is 2. The second-order valence-electron chi connectivity index (χ2n) is 8.52. The monoisotopic (exact) mass is 419 g/mol. The van der Waals surface area contributed by atoms with E-state index >= 15 is 0 Å². The molecule has 0 atom stereocenters. The zero-order valence-electron chi connectivity index (χ0n) is 18.7. The minimum Gasteiger partial charge on any atom is -0.384 e. The van der Waals surface area contributed by atoms with Crippen LogP contribution in [-0.2, 0) is 0 Å². The van der Waals surface area contributed by atoms with Gasteiger partial charge in [0, 0.05) is 40.8 Å². The third-order valence-electron chi connectivity index (χ3n) is 5.74. The zero-order valence-corrected chi connectivity index (χ0v) is 18.7. The highest BCUT2D eigenvalue weighted by atomic mass is 14.9. The first-order valence-electron chi connectivity index (χ1n) is 10.6. The van der Waals surface area contributed by atoms with Gasteiger partial charge in [0.05, 0.1) is 11.0 Å². The van der Waals surface area contributed by atoms with Crippen molar-refractivity contribution in [1.29, 1.82) is 0 Å². The second kappa shape index (κ2) is 7.61. The van der Waals surface area contributed by atoms with Crippen LogP contribution in [0.3, 0.4) is 0 Å². The van der Waals surface area contributed by atoms with Gasteiger partial charge in [-0.3, -0.25) is 4.98 Å². The predicted molar refractivity (Wildman–Crippen MR) is 131 cm³/mol. The van der Waals surface area contributed by atoms with Crippen molar-refractivity contribution in [2.24, 2.45) is 0 Å². The first kappa shape index (κ1) is 19.9. The van der Waals surface area contributed by atoms with Crippen LogP contribution in [0.4, 0.5) is 5.82 Å². The lowest BCUT2D eigenvalue weighted by Crippen LogP contribution is -1.96. The molecule has 0 radical (unpaired) electrons. The fraction of sp³-hybridized carbons (Fsp3) is 0.148. The van der Waals surface area contributed by atoms with Crippen molar-refractivity contribution in [3.8, 4) is 33.6 Å². The van der Waals surface area contributed by atoms with Crippen LogP contribution in [-0.4, -0.2) is 19.9 Å². The van der Waals surface area contributed by atoms with E-state index < -0.39 is 0 Å². The van der Waals surface area contributed by atoms with Gasteiger partial charge >= 0.3 is 0 Å². The maximum atomic E-state index is 5.88. The van der Waals surface area contributed by atoms with Gasteiger partial charge in [-0.1, -0.05) is 35.4 Å². The number of nitrogens with one attached hydrogen (secondary N) is 1. The van der Waals surface area contributed by atoms with Crippen LogP contribution < -0.4 is 5.73 Å². The fourth-order valence-electron chi connectivity index (χ4n) is 4.44. The van der Waals surface area contributed by atoms with Crippen molar-refractivity contribution in [3.63, 3.8) is 0 Å². The Bertz CT molecular complexity index is 1440. The summed E-state index contributed by atoms with van der Waals surface area (Å²) in [5.41, 5.74) is 17.8. The Morgan fingerprint density at radius 3 is 2.19 bits per heavy atom. The summed E-state index contributed by atoms with van der Waals surface area (Å²) >= 11 is 0. The van der Waals surface area contributed by atoms with Crippen LogP contribution in [0.25, 0.3) is 44.7 Å². The first-order chi connectivity index (χ1) is 15.4. The number of nitrogens with zero attached hydrogens (tertiary/aromatic N) is 3. The molecule has 3 heterocycles. The molecule has 0 aliphatic heterocycles. The first-order valence-corrected chi connectivity index (χ1v) is 10.6. The molecular weight excluding hydrogens is 394 g/mol. The molecule has 158 valence electrons. The average Bonchev–Trinajstić information content (AvgIpc) is 3.17. The predicted octanol–water partition coefficient (Wildman–Crippen LogP) is 6.17. The molecule has 0 aliphatic carbocycles. The summed E-state index contributed by atoms with van der Waals surface area (Å²) in [5.74, 6) is 1.28. The molecule has 5 heteroatoms. The van der Waals surface area contributed by atoms with E-state index in [2.05, 4.69) is 73.0 Å². The number of nitrogens with two attached hydrogens (primary N) is 1. The second-order valence-corrected chi connectivity index (χ2v) is 8.52. The smallest absolute Gasteiger partial charge is 0.140 e. The fourth-order valence-corrected chi connectivity index (χ4v) is 4.44. The number of hydrogen-bond donors (Lipinski definition) is 2. The summed E-state index contributed by atoms with van der Waals surface area (Å²) in [6.45, 7) is 8.42. The van der Waals surface area contributed by atoms with Gasteiger partial charge in [0.2, 0.25) is 0 Å². The molecule has 0 saturated carbocycles. The van der Waals surface area contributed by atoms with E-state index in [1.54, 1.807) is 0 Å².